The number of aryl methyl sites for hydroxylation is 4. The number of fused-ring (bicyclic) bond motifs is 2. The lowest BCUT2D eigenvalue weighted by Gasteiger charge is -2.27. The summed E-state index contributed by atoms with van der Waals surface area (Å²) in [5.41, 5.74) is 0.739. The second-order valence-electron chi connectivity index (χ2n) is 16.6. The van der Waals surface area contributed by atoms with Crippen molar-refractivity contribution in [1.29, 1.82) is 0 Å². The van der Waals surface area contributed by atoms with E-state index in [0.29, 0.717) is 88.2 Å². The normalized spacial score (nSPS) is 14.6. The van der Waals surface area contributed by atoms with Crippen LogP contribution in [-0.4, -0.2) is 139 Å². The van der Waals surface area contributed by atoms with Gasteiger partial charge in [0.05, 0.1) is 54.3 Å². The maximum atomic E-state index is 13.4. The van der Waals surface area contributed by atoms with E-state index < -0.39 is 52.2 Å². The summed E-state index contributed by atoms with van der Waals surface area (Å²) in [7, 11) is 0.706. The first-order valence-corrected chi connectivity index (χ1v) is 24.4. The highest BCUT2D eigenvalue weighted by atomic mass is 32.2. The lowest BCUT2D eigenvalue weighted by atomic mass is 10.0. The van der Waals surface area contributed by atoms with Crippen LogP contribution in [0.2, 0.25) is 0 Å². The fraction of sp³-hybridized carbons (Fsp3) is 0.404. The number of hydrogen-bond donors (Lipinski definition) is 4. The number of carbonyl (C=O) groups is 6. The predicted octanol–water partition coefficient (Wildman–Crippen LogP) is 1.43. The van der Waals surface area contributed by atoms with Crippen molar-refractivity contribution in [2.24, 2.45) is 21.1 Å². The Bertz CT molecular complexity index is 3020. The van der Waals surface area contributed by atoms with Crippen LogP contribution >= 0.6 is 0 Å². The Labute approximate surface area is 412 Å². The van der Waals surface area contributed by atoms with Crippen LogP contribution < -0.4 is 40.6 Å². The van der Waals surface area contributed by atoms with E-state index in [4.69, 9.17) is 28.4 Å². The highest BCUT2D eigenvalue weighted by Gasteiger charge is 2.46. The van der Waals surface area contributed by atoms with Crippen LogP contribution in [0.5, 0.6) is 23.0 Å². The Hall–Kier alpha value is -7.61. The van der Waals surface area contributed by atoms with Gasteiger partial charge in [0.1, 0.15) is 29.1 Å². The number of ether oxygens (including phenoxy) is 6. The third-order valence-electron chi connectivity index (χ3n) is 11.5. The van der Waals surface area contributed by atoms with Gasteiger partial charge in [-0.15, -0.1) is 0 Å². The van der Waals surface area contributed by atoms with Crippen LogP contribution in [0.4, 0.5) is 5.69 Å². The van der Waals surface area contributed by atoms with E-state index in [-0.39, 0.29) is 70.1 Å². The van der Waals surface area contributed by atoms with E-state index in [2.05, 4.69) is 25.7 Å². The minimum Gasteiger partial charge on any atom is -0.484 e. The number of nitrogens with zero attached hydrogens (tertiary/aromatic N) is 5. The van der Waals surface area contributed by atoms with E-state index in [1.807, 2.05) is 0 Å². The van der Waals surface area contributed by atoms with Crippen molar-refractivity contribution in [3.8, 4) is 23.0 Å². The van der Waals surface area contributed by atoms with Gasteiger partial charge in [-0.3, -0.25) is 52.8 Å². The summed E-state index contributed by atoms with van der Waals surface area (Å²) in [6.07, 6.45) is 2.46. The minimum atomic E-state index is -4.15. The summed E-state index contributed by atoms with van der Waals surface area (Å²) in [6, 6.07) is 12.8. The SMILES string of the molecule is Cc1nc(S(=O)(=O)Nc2cc3c(cc2Oc2cccc(OCC(=O)NCCCOCCOCCOCCCNC(=O)COc4cccc5c4C(=O)N(C4CCC(=O)NC4=O)C5=O)c2)n(C)c(=O)n3C)cn1C. The number of piperidine rings is 1. The number of nitrogens with one attached hydrogen (secondary N) is 4. The highest BCUT2D eigenvalue weighted by molar-refractivity contribution is 7.92. The number of imide groups is 2. The molecule has 25 heteroatoms. The summed E-state index contributed by atoms with van der Waals surface area (Å²) in [5, 5.41) is 7.43. The first-order chi connectivity index (χ1) is 34.5. The van der Waals surface area contributed by atoms with E-state index in [1.54, 1.807) is 63.0 Å². The Morgan fingerprint density at radius 1 is 0.750 bits per heavy atom. The number of rotatable bonds is 26. The van der Waals surface area contributed by atoms with Gasteiger partial charge < -0.3 is 43.6 Å². The van der Waals surface area contributed by atoms with Crippen LogP contribution in [0.25, 0.3) is 11.0 Å². The van der Waals surface area contributed by atoms with Gasteiger partial charge in [-0.05, 0) is 56.5 Å². The molecule has 0 saturated carbocycles. The van der Waals surface area contributed by atoms with Gasteiger partial charge in [0.2, 0.25) is 11.8 Å². The molecule has 3 aromatic carbocycles. The van der Waals surface area contributed by atoms with Crippen molar-refractivity contribution in [1.82, 2.24) is 39.5 Å². The van der Waals surface area contributed by atoms with Crippen LogP contribution in [-0.2, 0) is 64.6 Å². The van der Waals surface area contributed by atoms with Gasteiger partial charge in [0.15, 0.2) is 24.0 Å². The van der Waals surface area contributed by atoms with Crippen LogP contribution in [0.1, 0.15) is 52.2 Å². The average molecular weight is 1020 g/mol. The second-order valence-corrected chi connectivity index (χ2v) is 18.2. The summed E-state index contributed by atoms with van der Waals surface area (Å²) >= 11 is 0. The summed E-state index contributed by atoms with van der Waals surface area (Å²) in [6.45, 7) is 3.71. The zero-order valence-electron chi connectivity index (χ0n) is 40.0. The molecule has 384 valence electrons. The molecule has 0 spiro atoms. The Morgan fingerprint density at radius 3 is 2.00 bits per heavy atom. The number of carbonyl (C=O) groups excluding carboxylic acids is 6. The molecule has 72 heavy (non-hydrogen) atoms. The van der Waals surface area contributed by atoms with Crippen molar-refractivity contribution in [3.05, 3.63) is 88.2 Å². The zero-order chi connectivity index (χ0) is 51.5. The molecule has 1 saturated heterocycles. The summed E-state index contributed by atoms with van der Waals surface area (Å²) in [4.78, 5) is 92.8. The van der Waals surface area contributed by atoms with Gasteiger partial charge in [-0.2, -0.15) is 8.42 Å². The molecule has 24 nitrogen and oxygen atoms in total. The maximum Gasteiger partial charge on any atom is 0.328 e. The number of benzene rings is 3. The van der Waals surface area contributed by atoms with Gasteiger partial charge in [-0.1, -0.05) is 12.1 Å². The van der Waals surface area contributed by atoms with E-state index >= 15 is 0 Å². The highest BCUT2D eigenvalue weighted by Crippen LogP contribution is 2.37. The molecule has 0 radical (unpaired) electrons. The van der Waals surface area contributed by atoms with E-state index in [1.165, 1.54) is 39.6 Å². The first kappa shape index (κ1) is 52.2. The van der Waals surface area contributed by atoms with Crippen molar-refractivity contribution in [3.63, 3.8) is 0 Å². The topological polar surface area (TPSA) is 288 Å². The fourth-order valence-electron chi connectivity index (χ4n) is 7.64. The van der Waals surface area contributed by atoms with Crippen molar-refractivity contribution in [2.45, 2.75) is 43.7 Å². The number of hydrogen-bond acceptors (Lipinski definition) is 16. The van der Waals surface area contributed by atoms with Gasteiger partial charge in [0.25, 0.3) is 33.7 Å². The Balaban J connectivity index is 0.721. The molecular weight excluding hydrogens is 963 g/mol. The second kappa shape index (κ2) is 23.5. The minimum absolute atomic E-state index is 0.00480. The van der Waals surface area contributed by atoms with Gasteiger partial charge >= 0.3 is 5.69 Å². The number of amides is 6. The number of imidazole rings is 2. The lowest BCUT2D eigenvalue weighted by Crippen LogP contribution is -2.54. The quantitative estimate of drug-likeness (QED) is 0.0450. The number of anilines is 1. The van der Waals surface area contributed by atoms with Crippen LogP contribution in [0, 0.1) is 6.92 Å². The van der Waals surface area contributed by atoms with Crippen LogP contribution in [0.3, 0.4) is 0 Å². The average Bonchev–Trinajstić information content (AvgIpc) is 3.91. The molecule has 4 N–H and O–H groups in total. The van der Waals surface area contributed by atoms with E-state index in [0.717, 1.165) is 4.90 Å². The smallest absolute Gasteiger partial charge is 0.328 e. The van der Waals surface area contributed by atoms with Gasteiger partial charge in [-0.25, -0.2) is 9.78 Å². The zero-order valence-corrected chi connectivity index (χ0v) is 40.8. The number of aromatic nitrogens is 4. The molecule has 6 amide bonds. The molecule has 1 unspecified atom stereocenters. The number of sulfonamides is 1. The summed E-state index contributed by atoms with van der Waals surface area (Å²) in [5.74, 6) is -2.17. The van der Waals surface area contributed by atoms with Gasteiger partial charge in [0, 0.05) is 72.2 Å². The molecule has 2 aliphatic heterocycles. The molecule has 0 bridgehead atoms. The molecule has 2 aromatic heterocycles. The Kier molecular flexibility index (Phi) is 17.1. The van der Waals surface area contributed by atoms with Crippen molar-refractivity contribution in [2.75, 3.05) is 70.7 Å². The molecule has 7 rings (SSSR count). The monoisotopic (exact) mass is 1020 g/mol. The third kappa shape index (κ3) is 12.6. The molecule has 2 aliphatic rings. The summed E-state index contributed by atoms with van der Waals surface area (Å²) < 4.78 is 67.8. The molecule has 1 fully saturated rings. The lowest BCUT2D eigenvalue weighted by molar-refractivity contribution is -0.136. The first-order valence-electron chi connectivity index (χ1n) is 22.9. The largest absolute Gasteiger partial charge is 0.484 e. The van der Waals surface area contributed by atoms with Crippen molar-refractivity contribution >= 4 is 62.2 Å². The van der Waals surface area contributed by atoms with Crippen LogP contribution in [0.15, 0.2) is 70.6 Å². The molecule has 0 aliphatic carbocycles. The molecule has 5 aromatic rings. The van der Waals surface area contributed by atoms with Crippen molar-refractivity contribution < 1.29 is 65.6 Å². The molecule has 4 heterocycles. The molecular formula is C47H55N9O15S. The maximum absolute atomic E-state index is 13.4. The molecule has 1 atom stereocenters. The third-order valence-corrected chi connectivity index (χ3v) is 12.7. The fourth-order valence-corrected chi connectivity index (χ4v) is 8.74. The predicted molar refractivity (Wildman–Crippen MR) is 255 cm³/mol. The standard InChI is InChI=1S/C47H55N9O15S/c1-29-50-42(26-53(29)2)72(64,65)52-33-24-35-36(55(4)47(63)54(35)3)25-38(33)71-31-10-5-9-30(23-31)69-27-40(58)48-15-7-17-66-19-21-68-22-20-67-18-8-16-49-41(59)28-70-37-12-6-11-32-43(37)46(62)56(45(32)61)34-13-14-39(57)51-44(34)60/h5-6,9-12,23-26,34,52H,7-8,13-22,27-28H2,1-4H3,(H,48,58)(H,49,59)(H,51,57,60). The van der Waals surface area contributed by atoms with E-state index in [9.17, 15) is 42.0 Å². The Morgan fingerprint density at radius 2 is 1.36 bits per heavy atom.